The van der Waals surface area contributed by atoms with Gasteiger partial charge in [0, 0.05) is 15.9 Å². The first-order chi connectivity index (χ1) is 13.3. The van der Waals surface area contributed by atoms with Crippen LogP contribution in [0.3, 0.4) is 0 Å². The first-order valence-electron chi connectivity index (χ1n) is 8.79. The van der Waals surface area contributed by atoms with Crippen molar-refractivity contribution < 1.29 is 4.21 Å². The van der Waals surface area contributed by atoms with E-state index in [-0.39, 0.29) is 0 Å². The number of thioether (sulfide) groups is 1. The summed E-state index contributed by atoms with van der Waals surface area (Å²) >= 11 is 1.63. The Labute approximate surface area is 165 Å². The fourth-order valence-corrected chi connectivity index (χ4v) is 6.66. The standard InChI is InChI=1S/C24H16OS2/c25-27-21-16-8-14-19-13-7-15-20(23(19)21)26-24(27)22(17-9-3-1-4-10-17)18-11-5-2-6-12-18/h1-16H. The lowest BCUT2D eigenvalue weighted by atomic mass is 10.00. The van der Waals surface area contributed by atoms with Crippen LogP contribution in [0.1, 0.15) is 11.1 Å². The highest BCUT2D eigenvalue weighted by Gasteiger charge is 2.27. The van der Waals surface area contributed by atoms with Crippen LogP contribution in [0.25, 0.3) is 16.3 Å². The predicted molar refractivity (Wildman–Crippen MR) is 115 cm³/mol. The van der Waals surface area contributed by atoms with Gasteiger partial charge in [-0.3, -0.25) is 0 Å². The topological polar surface area (TPSA) is 17.1 Å². The van der Waals surface area contributed by atoms with Gasteiger partial charge in [0.2, 0.25) is 0 Å². The van der Waals surface area contributed by atoms with E-state index < -0.39 is 10.8 Å². The van der Waals surface area contributed by atoms with E-state index in [9.17, 15) is 4.21 Å². The lowest BCUT2D eigenvalue weighted by Crippen LogP contribution is -2.04. The second kappa shape index (κ2) is 6.84. The average Bonchev–Trinajstić information content (AvgIpc) is 2.73. The third kappa shape index (κ3) is 2.84. The molecule has 130 valence electrons. The molecule has 0 aliphatic carbocycles. The van der Waals surface area contributed by atoms with Crippen molar-refractivity contribution in [2.75, 3.05) is 0 Å². The molecule has 1 unspecified atom stereocenters. The molecule has 27 heavy (non-hydrogen) atoms. The van der Waals surface area contributed by atoms with Crippen molar-refractivity contribution in [2.45, 2.75) is 9.79 Å². The minimum atomic E-state index is -1.21. The van der Waals surface area contributed by atoms with Gasteiger partial charge in [-0.05, 0) is 28.6 Å². The zero-order valence-electron chi connectivity index (χ0n) is 14.5. The summed E-state index contributed by atoms with van der Waals surface area (Å²) in [4.78, 5) is 2.07. The van der Waals surface area contributed by atoms with Gasteiger partial charge in [-0.2, -0.15) is 0 Å². The summed E-state index contributed by atoms with van der Waals surface area (Å²) < 4.78 is 14.5. The first kappa shape index (κ1) is 16.5. The molecule has 4 aromatic carbocycles. The fourth-order valence-electron chi connectivity index (χ4n) is 3.51. The van der Waals surface area contributed by atoms with Crippen molar-refractivity contribution >= 4 is 38.9 Å². The van der Waals surface area contributed by atoms with E-state index in [0.717, 1.165) is 36.6 Å². The molecule has 5 rings (SSSR count). The number of benzene rings is 4. The summed E-state index contributed by atoms with van der Waals surface area (Å²) in [5.74, 6) is 0. The summed E-state index contributed by atoms with van der Waals surface area (Å²) in [6.07, 6.45) is 0. The summed E-state index contributed by atoms with van der Waals surface area (Å²) in [5, 5.41) is 2.26. The Morgan fingerprint density at radius 3 is 1.89 bits per heavy atom. The molecule has 1 heterocycles. The maximum Gasteiger partial charge on any atom is 0.0931 e. The average molecular weight is 385 g/mol. The maximum absolute atomic E-state index is 13.6. The molecule has 0 amide bonds. The summed E-state index contributed by atoms with van der Waals surface area (Å²) in [6.45, 7) is 0. The van der Waals surface area contributed by atoms with Crippen LogP contribution in [0.15, 0.2) is 111 Å². The molecule has 0 spiro atoms. The van der Waals surface area contributed by atoms with Crippen LogP contribution >= 0.6 is 11.8 Å². The molecule has 1 aliphatic rings. The molecule has 0 bridgehead atoms. The van der Waals surface area contributed by atoms with Crippen molar-refractivity contribution in [3.63, 3.8) is 0 Å². The molecule has 0 saturated carbocycles. The Balaban J connectivity index is 1.82. The summed E-state index contributed by atoms with van der Waals surface area (Å²) in [6, 6.07) is 32.9. The largest absolute Gasteiger partial charge is 0.248 e. The molecule has 1 atom stereocenters. The second-order valence-electron chi connectivity index (χ2n) is 6.38. The van der Waals surface area contributed by atoms with Gasteiger partial charge >= 0.3 is 0 Å². The zero-order valence-corrected chi connectivity index (χ0v) is 16.1. The van der Waals surface area contributed by atoms with Gasteiger partial charge in [0.25, 0.3) is 0 Å². The molecule has 0 fully saturated rings. The summed E-state index contributed by atoms with van der Waals surface area (Å²) in [7, 11) is -1.21. The molecular formula is C24H16OS2. The normalized spacial score (nSPS) is 15.7. The number of rotatable bonds is 2. The van der Waals surface area contributed by atoms with Crippen molar-refractivity contribution in [3.8, 4) is 0 Å². The highest BCUT2D eigenvalue weighted by atomic mass is 32.2. The quantitative estimate of drug-likeness (QED) is 0.394. The Morgan fingerprint density at radius 1 is 0.667 bits per heavy atom. The van der Waals surface area contributed by atoms with Gasteiger partial charge in [-0.15, -0.1) is 0 Å². The SMILES string of the molecule is O=S1C(=C(c2ccccc2)c2ccccc2)Sc2cccc3cccc1c23. The maximum atomic E-state index is 13.6. The first-order valence-corrected chi connectivity index (χ1v) is 10.8. The van der Waals surface area contributed by atoms with Crippen LogP contribution < -0.4 is 0 Å². The smallest absolute Gasteiger partial charge is 0.0931 e. The van der Waals surface area contributed by atoms with Gasteiger partial charge in [-0.25, -0.2) is 4.21 Å². The van der Waals surface area contributed by atoms with Gasteiger partial charge in [-0.1, -0.05) is 96.7 Å². The van der Waals surface area contributed by atoms with Crippen LogP contribution in [-0.2, 0) is 10.8 Å². The minimum absolute atomic E-state index is 0.901. The van der Waals surface area contributed by atoms with E-state index in [1.54, 1.807) is 11.8 Å². The van der Waals surface area contributed by atoms with Gasteiger partial charge in [0.1, 0.15) is 0 Å². The lowest BCUT2D eigenvalue weighted by molar-refractivity contribution is 0.688. The van der Waals surface area contributed by atoms with Crippen LogP contribution in [0, 0.1) is 0 Å². The number of hydrogen-bond acceptors (Lipinski definition) is 2. The molecule has 0 N–H and O–H groups in total. The monoisotopic (exact) mass is 384 g/mol. The molecule has 4 aromatic rings. The third-order valence-electron chi connectivity index (χ3n) is 4.73. The van der Waals surface area contributed by atoms with Crippen LogP contribution in [0.2, 0.25) is 0 Å². The Bertz CT molecular complexity index is 1150. The molecule has 1 nitrogen and oxygen atoms in total. The fraction of sp³-hybridized carbons (Fsp3) is 0. The van der Waals surface area contributed by atoms with Crippen molar-refractivity contribution in [2.24, 2.45) is 0 Å². The third-order valence-corrected chi connectivity index (χ3v) is 7.66. The molecule has 1 aliphatic heterocycles. The van der Waals surface area contributed by atoms with E-state index >= 15 is 0 Å². The van der Waals surface area contributed by atoms with Crippen molar-refractivity contribution in [1.29, 1.82) is 0 Å². The van der Waals surface area contributed by atoms with Gasteiger partial charge < -0.3 is 0 Å². The second-order valence-corrected chi connectivity index (χ2v) is 9.07. The molecule has 0 saturated heterocycles. The Hall–Kier alpha value is -2.62. The number of hydrogen-bond donors (Lipinski definition) is 0. The molecule has 3 heteroatoms. The van der Waals surface area contributed by atoms with Crippen LogP contribution in [0.4, 0.5) is 0 Å². The van der Waals surface area contributed by atoms with Gasteiger partial charge in [0.15, 0.2) is 0 Å². The lowest BCUT2D eigenvalue weighted by Gasteiger charge is -2.22. The molecular weight excluding hydrogens is 368 g/mol. The summed E-state index contributed by atoms with van der Waals surface area (Å²) in [5.41, 5.74) is 3.23. The highest BCUT2D eigenvalue weighted by Crippen LogP contribution is 2.48. The van der Waals surface area contributed by atoms with Crippen LogP contribution in [-0.4, -0.2) is 4.21 Å². The highest BCUT2D eigenvalue weighted by molar-refractivity contribution is 8.17. The van der Waals surface area contributed by atoms with E-state index in [1.807, 2.05) is 48.5 Å². The zero-order chi connectivity index (χ0) is 18.2. The Morgan fingerprint density at radius 2 is 1.26 bits per heavy atom. The van der Waals surface area contributed by atoms with E-state index in [1.165, 1.54) is 4.90 Å². The minimum Gasteiger partial charge on any atom is -0.248 e. The van der Waals surface area contributed by atoms with Crippen molar-refractivity contribution in [3.05, 3.63) is 112 Å². The van der Waals surface area contributed by atoms with Crippen LogP contribution in [0.5, 0.6) is 0 Å². The predicted octanol–water partition coefficient (Wildman–Crippen LogP) is 6.47. The molecule has 0 radical (unpaired) electrons. The van der Waals surface area contributed by atoms with E-state index in [4.69, 9.17) is 0 Å². The Kier molecular flexibility index (Phi) is 4.19. The molecule has 0 aromatic heterocycles. The van der Waals surface area contributed by atoms with E-state index in [0.29, 0.717) is 0 Å². The van der Waals surface area contributed by atoms with Gasteiger partial charge in [0.05, 0.1) is 19.9 Å². The van der Waals surface area contributed by atoms with Crippen molar-refractivity contribution in [1.82, 2.24) is 0 Å². The van der Waals surface area contributed by atoms with E-state index in [2.05, 4.69) is 48.5 Å².